The van der Waals surface area contributed by atoms with E-state index in [4.69, 9.17) is 9.47 Å². The number of benzene rings is 1. The van der Waals surface area contributed by atoms with E-state index in [1.165, 1.54) is 0 Å². The summed E-state index contributed by atoms with van der Waals surface area (Å²) in [6, 6.07) is 8.42. The molecule has 0 aromatic heterocycles. The smallest absolute Gasteiger partial charge is 0.220 e. The maximum atomic E-state index is 12.6. The molecule has 10 nitrogen and oxygen atoms in total. The number of hydrogen-bond acceptors (Lipinski definition) is 9. The molecule has 0 bridgehead atoms. The Labute approximate surface area is 200 Å². The van der Waals surface area contributed by atoms with Crippen LogP contribution >= 0.6 is 0 Å². The van der Waals surface area contributed by atoms with Crippen LogP contribution in [-0.2, 0) is 20.7 Å². The lowest BCUT2D eigenvalue weighted by atomic mass is 9.99. The molecule has 0 spiro atoms. The van der Waals surface area contributed by atoms with Gasteiger partial charge < -0.3 is 45.4 Å². The van der Waals surface area contributed by atoms with Crippen molar-refractivity contribution in [2.24, 2.45) is 0 Å². The number of ether oxygens (including phenoxy) is 2. The molecule has 194 valence electrons. The normalized spacial score (nSPS) is 27.7. The highest BCUT2D eigenvalue weighted by Crippen LogP contribution is 2.22. The summed E-state index contributed by atoms with van der Waals surface area (Å²) in [6.45, 7) is 1.07. The SMILES string of the molecule is CCCCC[C@@H](O)[C@@H](O)[C@H](COC1OC(CO)C(O)C(O)C1O)NC(=O)CCc1ccccc1. The molecule has 1 amide bonds. The van der Waals surface area contributed by atoms with E-state index in [1.54, 1.807) is 0 Å². The molecule has 0 saturated carbocycles. The lowest BCUT2D eigenvalue weighted by Crippen LogP contribution is -2.60. The first-order chi connectivity index (χ1) is 16.3. The van der Waals surface area contributed by atoms with Gasteiger partial charge in [-0.3, -0.25) is 4.79 Å². The van der Waals surface area contributed by atoms with E-state index in [9.17, 15) is 35.4 Å². The van der Waals surface area contributed by atoms with Crippen LogP contribution in [-0.4, -0.2) is 98.7 Å². The minimum absolute atomic E-state index is 0.152. The maximum Gasteiger partial charge on any atom is 0.220 e. The van der Waals surface area contributed by atoms with E-state index in [1.807, 2.05) is 37.3 Å². The van der Waals surface area contributed by atoms with E-state index in [0.29, 0.717) is 19.3 Å². The second kappa shape index (κ2) is 14.7. The largest absolute Gasteiger partial charge is 0.394 e. The van der Waals surface area contributed by atoms with Crippen LogP contribution in [0.4, 0.5) is 0 Å². The van der Waals surface area contributed by atoms with Crippen molar-refractivity contribution >= 4 is 5.91 Å². The predicted octanol–water partition coefficient (Wildman–Crippen LogP) is -0.777. The minimum Gasteiger partial charge on any atom is -0.394 e. The summed E-state index contributed by atoms with van der Waals surface area (Å²) in [6.07, 6.45) is -6.24. The van der Waals surface area contributed by atoms with Crippen molar-refractivity contribution in [1.82, 2.24) is 5.32 Å². The third kappa shape index (κ3) is 8.54. The lowest BCUT2D eigenvalue weighted by molar-refractivity contribution is -0.303. The van der Waals surface area contributed by atoms with Crippen LogP contribution in [0.3, 0.4) is 0 Å². The van der Waals surface area contributed by atoms with Gasteiger partial charge >= 0.3 is 0 Å². The quantitative estimate of drug-likeness (QED) is 0.167. The number of aliphatic hydroxyl groups excluding tert-OH is 6. The van der Waals surface area contributed by atoms with Crippen molar-refractivity contribution < 1.29 is 44.9 Å². The second-order valence-electron chi connectivity index (χ2n) is 8.74. The van der Waals surface area contributed by atoms with E-state index in [0.717, 1.165) is 18.4 Å². The molecule has 1 aromatic rings. The number of hydrogen-bond donors (Lipinski definition) is 7. The summed E-state index contributed by atoms with van der Waals surface area (Å²) in [4.78, 5) is 12.6. The zero-order valence-corrected chi connectivity index (χ0v) is 19.6. The Morgan fingerprint density at radius 2 is 1.79 bits per heavy atom. The van der Waals surface area contributed by atoms with Crippen molar-refractivity contribution in [3.8, 4) is 0 Å². The highest BCUT2D eigenvalue weighted by atomic mass is 16.7. The van der Waals surface area contributed by atoms with Gasteiger partial charge in [0, 0.05) is 6.42 Å². The molecule has 1 aromatic carbocycles. The number of aliphatic hydroxyl groups is 6. The van der Waals surface area contributed by atoms with Crippen LogP contribution in [0.25, 0.3) is 0 Å². The molecular formula is C24H39NO9. The average molecular weight is 486 g/mol. The van der Waals surface area contributed by atoms with Gasteiger partial charge in [0.15, 0.2) is 6.29 Å². The van der Waals surface area contributed by atoms with Gasteiger partial charge in [0.25, 0.3) is 0 Å². The minimum atomic E-state index is -1.61. The second-order valence-corrected chi connectivity index (χ2v) is 8.74. The third-order valence-corrected chi connectivity index (χ3v) is 6.03. The Hall–Kier alpha value is -1.63. The van der Waals surface area contributed by atoms with Gasteiger partial charge in [-0.05, 0) is 18.4 Å². The molecule has 0 aliphatic carbocycles. The summed E-state index contributed by atoms with van der Waals surface area (Å²) < 4.78 is 10.9. The Morgan fingerprint density at radius 1 is 1.09 bits per heavy atom. The van der Waals surface area contributed by atoms with Crippen LogP contribution in [0.2, 0.25) is 0 Å². The summed E-state index contributed by atoms with van der Waals surface area (Å²) >= 11 is 0. The standard InChI is InChI=1S/C24H39NO9/c1-2-3-5-10-17(27)20(29)16(25-19(28)12-11-15-8-6-4-7-9-15)14-33-24-23(32)22(31)21(30)18(13-26)34-24/h4,6-9,16-18,20-24,26-27,29-32H,2-3,5,10-14H2,1H3,(H,25,28)/t16-,17+,18?,20-,21?,22?,23?,24?/m0/s1. The lowest BCUT2D eigenvalue weighted by Gasteiger charge is -2.40. The van der Waals surface area contributed by atoms with Gasteiger partial charge in [-0.1, -0.05) is 56.5 Å². The van der Waals surface area contributed by atoms with Crippen molar-refractivity contribution in [2.75, 3.05) is 13.2 Å². The predicted molar refractivity (Wildman–Crippen MR) is 123 cm³/mol. The van der Waals surface area contributed by atoms with Gasteiger partial charge in [0.1, 0.15) is 30.5 Å². The highest BCUT2D eigenvalue weighted by molar-refractivity contribution is 5.76. The first-order valence-corrected chi connectivity index (χ1v) is 11.9. The van der Waals surface area contributed by atoms with Crippen LogP contribution in [0.5, 0.6) is 0 Å². The Balaban J connectivity index is 2.01. The molecule has 34 heavy (non-hydrogen) atoms. The summed E-state index contributed by atoms with van der Waals surface area (Å²) in [7, 11) is 0. The molecule has 0 radical (unpaired) electrons. The number of rotatable bonds is 14. The third-order valence-electron chi connectivity index (χ3n) is 6.03. The number of carbonyl (C=O) groups excluding carboxylic acids is 1. The molecule has 2 rings (SSSR count). The van der Waals surface area contributed by atoms with Crippen molar-refractivity contribution in [3.05, 3.63) is 35.9 Å². The maximum absolute atomic E-state index is 12.6. The Morgan fingerprint density at radius 3 is 2.44 bits per heavy atom. The van der Waals surface area contributed by atoms with Crippen LogP contribution in [0.1, 0.15) is 44.6 Å². The van der Waals surface area contributed by atoms with Crippen molar-refractivity contribution in [3.63, 3.8) is 0 Å². The van der Waals surface area contributed by atoms with E-state index in [-0.39, 0.29) is 18.9 Å². The van der Waals surface area contributed by atoms with Gasteiger partial charge in [-0.25, -0.2) is 0 Å². The molecule has 10 heteroatoms. The van der Waals surface area contributed by atoms with Gasteiger partial charge in [0.05, 0.1) is 25.4 Å². The zero-order valence-electron chi connectivity index (χ0n) is 19.6. The topological polar surface area (TPSA) is 169 Å². The summed E-state index contributed by atoms with van der Waals surface area (Å²) in [5, 5.41) is 63.2. The van der Waals surface area contributed by atoms with Gasteiger partial charge in [-0.2, -0.15) is 0 Å². The van der Waals surface area contributed by atoms with Crippen LogP contribution in [0.15, 0.2) is 30.3 Å². The fraction of sp³-hybridized carbons (Fsp3) is 0.708. The summed E-state index contributed by atoms with van der Waals surface area (Å²) in [5.41, 5.74) is 0.979. The summed E-state index contributed by atoms with van der Waals surface area (Å²) in [5.74, 6) is -0.355. The van der Waals surface area contributed by atoms with Crippen molar-refractivity contribution in [2.45, 2.75) is 94.4 Å². The fourth-order valence-electron chi connectivity index (χ4n) is 3.85. The number of unbranched alkanes of at least 4 members (excludes halogenated alkanes) is 2. The molecule has 1 aliphatic rings. The van der Waals surface area contributed by atoms with Crippen LogP contribution < -0.4 is 5.32 Å². The number of amides is 1. The zero-order chi connectivity index (χ0) is 25.1. The molecular weight excluding hydrogens is 446 g/mol. The fourth-order valence-corrected chi connectivity index (χ4v) is 3.85. The van der Waals surface area contributed by atoms with E-state index >= 15 is 0 Å². The monoisotopic (exact) mass is 485 g/mol. The Kier molecular flexibility index (Phi) is 12.4. The molecule has 8 atom stereocenters. The number of carbonyl (C=O) groups is 1. The molecule has 5 unspecified atom stereocenters. The number of nitrogens with one attached hydrogen (secondary N) is 1. The van der Waals surface area contributed by atoms with Gasteiger partial charge in [-0.15, -0.1) is 0 Å². The first kappa shape index (κ1) is 28.6. The number of aryl methyl sites for hydroxylation is 1. The molecule has 1 heterocycles. The van der Waals surface area contributed by atoms with Crippen molar-refractivity contribution in [1.29, 1.82) is 0 Å². The molecule has 1 saturated heterocycles. The molecule has 7 N–H and O–H groups in total. The molecule has 1 fully saturated rings. The highest BCUT2D eigenvalue weighted by Gasteiger charge is 2.44. The Bertz CT molecular complexity index is 705. The first-order valence-electron chi connectivity index (χ1n) is 11.9. The van der Waals surface area contributed by atoms with E-state index < -0.39 is 55.6 Å². The van der Waals surface area contributed by atoms with E-state index in [2.05, 4.69) is 5.32 Å². The average Bonchev–Trinajstić information content (AvgIpc) is 2.85. The molecule has 1 aliphatic heterocycles. The van der Waals surface area contributed by atoms with Crippen LogP contribution in [0, 0.1) is 0 Å². The van der Waals surface area contributed by atoms with Gasteiger partial charge in [0.2, 0.25) is 5.91 Å².